The van der Waals surface area contributed by atoms with E-state index in [0.717, 1.165) is 0 Å². The van der Waals surface area contributed by atoms with E-state index in [4.69, 9.17) is 4.52 Å². The van der Waals surface area contributed by atoms with Gasteiger partial charge in [-0.15, -0.1) is 0 Å². The largest absolute Gasteiger partial charge is 0.392 e. The first-order chi connectivity index (χ1) is 10.9. The predicted octanol–water partition coefficient (Wildman–Crippen LogP) is 2.64. The highest BCUT2D eigenvalue weighted by atomic mass is 19.4. The van der Waals surface area contributed by atoms with Crippen molar-refractivity contribution >= 4 is 10.8 Å². The number of hydrogen-bond donors (Lipinski definition) is 1. The first kappa shape index (κ1) is 13.9. The van der Waals surface area contributed by atoms with Gasteiger partial charge in [-0.1, -0.05) is 23.4 Å². The van der Waals surface area contributed by atoms with E-state index in [0.29, 0.717) is 10.8 Å². The molecule has 0 radical (unpaired) electrons. The number of hydrogen-bond acceptors (Lipinski definition) is 5. The number of rotatable bonds is 2. The Kier molecular flexibility index (Phi) is 2.81. The van der Waals surface area contributed by atoms with Gasteiger partial charge in [-0.05, 0) is 12.5 Å². The standard InChI is InChI=1S/C14H9F3N4O2/c15-14(16,17)9-5-8(9)11-18-13(23-21-11)10-6-3-1-2-4-7(6)12(22)20-19-10/h1-4,8-9H,5H2,(H,20,22)/t8-,9-/m1/s1. The molecule has 1 aliphatic carbocycles. The summed E-state index contributed by atoms with van der Waals surface area (Å²) in [5, 5.41) is 10.7. The van der Waals surface area contributed by atoms with E-state index in [1.165, 1.54) is 0 Å². The molecule has 2 atom stereocenters. The van der Waals surface area contributed by atoms with Gasteiger partial charge in [-0.25, -0.2) is 5.10 Å². The molecule has 0 spiro atoms. The minimum atomic E-state index is -4.26. The number of fused-ring (bicyclic) bond motifs is 1. The summed E-state index contributed by atoms with van der Waals surface area (Å²) >= 11 is 0. The highest BCUT2D eigenvalue weighted by Crippen LogP contribution is 2.55. The molecule has 118 valence electrons. The van der Waals surface area contributed by atoms with Crippen LogP contribution < -0.4 is 5.56 Å². The summed E-state index contributed by atoms with van der Waals surface area (Å²) in [5.74, 6) is -2.20. The average molecular weight is 322 g/mol. The summed E-state index contributed by atoms with van der Waals surface area (Å²) in [7, 11) is 0. The summed E-state index contributed by atoms with van der Waals surface area (Å²) in [6.45, 7) is 0. The molecule has 23 heavy (non-hydrogen) atoms. The van der Waals surface area contributed by atoms with Crippen LogP contribution in [-0.4, -0.2) is 26.5 Å². The van der Waals surface area contributed by atoms with Gasteiger partial charge in [-0.3, -0.25) is 4.79 Å². The van der Waals surface area contributed by atoms with Crippen LogP contribution in [0.5, 0.6) is 0 Å². The lowest BCUT2D eigenvalue weighted by atomic mass is 10.1. The normalized spacial score (nSPS) is 20.8. The van der Waals surface area contributed by atoms with Gasteiger partial charge in [-0.2, -0.15) is 23.3 Å². The fourth-order valence-corrected chi connectivity index (χ4v) is 2.60. The van der Waals surface area contributed by atoms with Crippen molar-refractivity contribution in [2.75, 3.05) is 0 Å². The van der Waals surface area contributed by atoms with E-state index in [9.17, 15) is 18.0 Å². The maximum absolute atomic E-state index is 12.6. The molecule has 3 aromatic rings. The van der Waals surface area contributed by atoms with Gasteiger partial charge in [0, 0.05) is 11.3 Å². The van der Waals surface area contributed by atoms with E-state index in [1.807, 2.05) is 0 Å². The smallest absolute Gasteiger partial charge is 0.332 e. The molecule has 4 rings (SSSR count). The third-order valence-electron chi connectivity index (χ3n) is 3.88. The monoisotopic (exact) mass is 322 g/mol. The van der Waals surface area contributed by atoms with Crippen LogP contribution >= 0.6 is 0 Å². The topological polar surface area (TPSA) is 84.7 Å². The Morgan fingerprint density at radius 3 is 2.65 bits per heavy atom. The SMILES string of the molecule is O=c1[nH]nc(-c2nc([C@@H]3C[C@H]3C(F)(F)F)no2)c2ccccc12. The zero-order chi connectivity index (χ0) is 16.2. The summed E-state index contributed by atoms with van der Waals surface area (Å²) in [6.07, 6.45) is -4.29. The van der Waals surface area contributed by atoms with E-state index in [1.54, 1.807) is 24.3 Å². The van der Waals surface area contributed by atoms with Gasteiger partial charge < -0.3 is 4.52 Å². The molecule has 0 unspecified atom stereocenters. The van der Waals surface area contributed by atoms with E-state index < -0.39 is 18.0 Å². The number of nitrogens with zero attached hydrogens (tertiary/aromatic N) is 3. The molecule has 0 bridgehead atoms. The van der Waals surface area contributed by atoms with Crippen LogP contribution in [0.25, 0.3) is 22.4 Å². The van der Waals surface area contributed by atoms with Gasteiger partial charge in [0.05, 0.1) is 11.3 Å². The Morgan fingerprint density at radius 1 is 1.22 bits per heavy atom. The zero-order valence-electron chi connectivity index (χ0n) is 11.5. The number of halogens is 3. The molecule has 2 heterocycles. The van der Waals surface area contributed by atoms with Crippen LogP contribution in [0.2, 0.25) is 0 Å². The van der Waals surface area contributed by atoms with Crippen molar-refractivity contribution in [1.29, 1.82) is 0 Å². The number of nitrogens with one attached hydrogen (secondary N) is 1. The molecule has 1 N–H and O–H groups in total. The second-order valence-electron chi connectivity index (χ2n) is 5.39. The predicted molar refractivity (Wildman–Crippen MR) is 72.6 cm³/mol. The molecule has 0 aliphatic heterocycles. The molecule has 2 aromatic heterocycles. The minimum Gasteiger partial charge on any atom is -0.332 e. The number of aromatic amines is 1. The van der Waals surface area contributed by atoms with Crippen LogP contribution in [0, 0.1) is 5.92 Å². The van der Waals surface area contributed by atoms with Gasteiger partial charge in [0.25, 0.3) is 11.4 Å². The van der Waals surface area contributed by atoms with Crippen molar-refractivity contribution in [3.63, 3.8) is 0 Å². The van der Waals surface area contributed by atoms with Crippen molar-refractivity contribution in [3.8, 4) is 11.6 Å². The van der Waals surface area contributed by atoms with Crippen LogP contribution in [0.1, 0.15) is 18.2 Å². The molecule has 1 aliphatic rings. The van der Waals surface area contributed by atoms with Crippen LogP contribution in [0.4, 0.5) is 13.2 Å². The van der Waals surface area contributed by atoms with Crippen molar-refractivity contribution < 1.29 is 17.7 Å². The van der Waals surface area contributed by atoms with E-state index in [-0.39, 0.29) is 29.4 Å². The number of aromatic nitrogens is 4. The highest BCUT2D eigenvalue weighted by Gasteiger charge is 2.58. The average Bonchev–Trinajstić information content (AvgIpc) is 3.20. The van der Waals surface area contributed by atoms with Crippen molar-refractivity contribution in [1.82, 2.24) is 20.3 Å². The molecule has 1 saturated carbocycles. The number of alkyl halides is 3. The molecule has 0 saturated heterocycles. The molecule has 1 aromatic carbocycles. The van der Waals surface area contributed by atoms with Crippen molar-refractivity contribution in [2.45, 2.75) is 18.5 Å². The lowest BCUT2D eigenvalue weighted by molar-refractivity contribution is -0.148. The Balaban J connectivity index is 1.74. The van der Waals surface area contributed by atoms with Crippen molar-refractivity contribution in [3.05, 3.63) is 40.4 Å². The van der Waals surface area contributed by atoms with Gasteiger partial charge in [0.15, 0.2) is 11.5 Å². The lowest BCUT2D eigenvalue weighted by Crippen LogP contribution is -2.11. The summed E-state index contributed by atoms with van der Waals surface area (Å²) in [4.78, 5) is 15.8. The third-order valence-corrected chi connectivity index (χ3v) is 3.88. The lowest BCUT2D eigenvalue weighted by Gasteiger charge is -2.02. The van der Waals surface area contributed by atoms with Gasteiger partial charge in [0.1, 0.15) is 0 Å². The second-order valence-corrected chi connectivity index (χ2v) is 5.39. The highest BCUT2D eigenvalue weighted by molar-refractivity contribution is 5.91. The van der Waals surface area contributed by atoms with Crippen LogP contribution in [0.3, 0.4) is 0 Å². The molecular weight excluding hydrogens is 313 g/mol. The summed E-state index contributed by atoms with van der Waals surface area (Å²) in [6, 6.07) is 6.67. The molecule has 9 heteroatoms. The quantitative estimate of drug-likeness (QED) is 0.784. The van der Waals surface area contributed by atoms with Crippen LogP contribution in [0.15, 0.2) is 33.6 Å². The summed E-state index contributed by atoms with van der Waals surface area (Å²) in [5.41, 5.74) is -0.133. The number of H-pyrrole nitrogens is 1. The van der Waals surface area contributed by atoms with Gasteiger partial charge in [0.2, 0.25) is 0 Å². The van der Waals surface area contributed by atoms with Gasteiger partial charge >= 0.3 is 6.18 Å². The summed E-state index contributed by atoms with van der Waals surface area (Å²) < 4.78 is 42.9. The maximum Gasteiger partial charge on any atom is 0.392 e. The fourth-order valence-electron chi connectivity index (χ4n) is 2.60. The zero-order valence-corrected chi connectivity index (χ0v) is 11.5. The third kappa shape index (κ3) is 2.28. The van der Waals surface area contributed by atoms with Crippen LogP contribution in [-0.2, 0) is 0 Å². The van der Waals surface area contributed by atoms with Crippen molar-refractivity contribution in [2.24, 2.45) is 5.92 Å². The first-order valence-corrected chi connectivity index (χ1v) is 6.83. The Hall–Kier alpha value is -2.71. The molecule has 6 nitrogen and oxygen atoms in total. The Morgan fingerprint density at radius 2 is 1.96 bits per heavy atom. The molecule has 0 amide bonds. The fraction of sp³-hybridized carbons (Fsp3) is 0.286. The van der Waals surface area contributed by atoms with E-state index >= 15 is 0 Å². The maximum atomic E-state index is 12.6. The Labute approximate surface area is 126 Å². The minimum absolute atomic E-state index is 0.0133. The first-order valence-electron chi connectivity index (χ1n) is 6.83. The second kappa shape index (κ2) is 4.64. The number of benzene rings is 1. The Bertz CT molecular complexity index is 947. The molecule has 1 fully saturated rings. The molecular formula is C14H9F3N4O2. The van der Waals surface area contributed by atoms with E-state index in [2.05, 4.69) is 20.3 Å².